The summed E-state index contributed by atoms with van der Waals surface area (Å²) in [5, 5.41) is 4.84. The van der Waals surface area contributed by atoms with Gasteiger partial charge in [0, 0.05) is 6.07 Å². The second-order valence-electron chi connectivity index (χ2n) is 3.60. The second kappa shape index (κ2) is 7.32. The number of halogens is 1. The molecule has 0 spiro atoms. The molecule has 0 bridgehead atoms. The molecule has 0 radical (unpaired) electrons. The Balaban J connectivity index is 2.65. The fourth-order valence-electron chi connectivity index (χ4n) is 1.32. The molecule has 1 aromatic rings. The number of nitrogens with one attached hydrogen (secondary N) is 2. The number of hydrogen-bond donors (Lipinski definition) is 3. The summed E-state index contributed by atoms with van der Waals surface area (Å²) in [6.45, 7) is 1.70. The SMILES string of the molecule is CCOc1cc(F)ccc1NC(=O)CNC(=O)CN. The molecule has 0 aromatic heterocycles. The van der Waals surface area contributed by atoms with Gasteiger partial charge in [-0.3, -0.25) is 9.59 Å². The standard InChI is InChI=1S/C12H16FN3O3/c1-2-19-10-5-8(13)3-4-9(10)16-12(18)7-15-11(17)6-14/h3-5H,2,6-7,14H2,1H3,(H,15,17)(H,16,18). The average Bonchev–Trinajstić information content (AvgIpc) is 2.39. The first-order valence-electron chi connectivity index (χ1n) is 5.75. The lowest BCUT2D eigenvalue weighted by Crippen LogP contribution is -2.36. The highest BCUT2D eigenvalue weighted by molar-refractivity contribution is 5.95. The van der Waals surface area contributed by atoms with E-state index in [1.807, 2.05) is 0 Å². The van der Waals surface area contributed by atoms with E-state index in [0.29, 0.717) is 12.3 Å². The van der Waals surface area contributed by atoms with Gasteiger partial charge in [0.2, 0.25) is 11.8 Å². The number of ether oxygens (including phenoxy) is 1. The van der Waals surface area contributed by atoms with E-state index < -0.39 is 17.6 Å². The molecule has 2 amide bonds. The molecule has 1 rings (SSSR count). The molecule has 104 valence electrons. The molecule has 19 heavy (non-hydrogen) atoms. The summed E-state index contributed by atoms with van der Waals surface area (Å²) in [7, 11) is 0. The Morgan fingerprint density at radius 3 is 2.74 bits per heavy atom. The molecule has 0 saturated heterocycles. The molecule has 7 heteroatoms. The molecule has 0 unspecified atom stereocenters. The highest BCUT2D eigenvalue weighted by Crippen LogP contribution is 2.25. The minimum absolute atomic E-state index is 0.186. The van der Waals surface area contributed by atoms with Crippen LogP contribution in [-0.4, -0.2) is 31.5 Å². The van der Waals surface area contributed by atoms with Crippen LogP contribution >= 0.6 is 0 Å². The van der Waals surface area contributed by atoms with Gasteiger partial charge in [-0.25, -0.2) is 4.39 Å². The zero-order chi connectivity index (χ0) is 14.3. The Morgan fingerprint density at radius 1 is 1.37 bits per heavy atom. The van der Waals surface area contributed by atoms with Crippen LogP contribution in [0.2, 0.25) is 0 Å². The van der Waals surface area contributed by atoms with Crippen molar-refractivity contribution in [3.8, 4) is 5.75 Å². The molecule has 6 nitrogen and oxygen atoms in total. The second-order valence-corrected chi connectivity index (χ2v) is 3.60. The minimum Gasteiger partial charge on any atom is -0.492 e. The van der Waals surface area contributed by atoms with E-state index >= 15 is 0 Å². The molecule has 0 aliphatic rings. The van der Waals surface area contributed by atoms with Crippen LogP contribution in [0, 0.1) is 5.82 Å². The number of anilines is 1. The van der Waals surface area contributed by atoms with Crippen molar-refractivity contribution < 1.29 is 18.7 Å². The molecule has 0 aliphatic heterocycles. The van der Waals surface area contributed by atoms with Crippen molar-refractivity contribution in [3.05, 3.63) is 24.0 Å². The first-order valence-corrected chi connectivity index (χ1v) is 5.75. The van der Waals surface area contributed by atoms with E-state index in [1.165, 1.54) is 18.2 Å². The number of amides is 2. The molecular weight excluding hydrogens is 253 g/mol. The van der Waals surface area contributed by atoms with Crippen LogP contribution < -0.4 is 21.1 Å². The van der Waals surface area contributed by atoms with Crippen LogP contribution in [0.4, 0.5) is 10.1 Å². The van der Waals surface area contributed by atoms with Crippen molar-refractivity contribution in [3.63, 3.8) is 0 Å². The first kappa shape index (κ1) is 14.9. The monoisotopic (exact) mass is 269 g/mol. The Labute approximate surface area is 110 Å². The first-order chi connectivity index (χ1) is 9.06. The van der Waals surface area contributed by atoms with Crippen molar-refractivity contribution in [2.45, 2.75) is 6.92 Å². The zero-order valence-electron chi connectivity index (χ0n) is 10.5. The highest BCUT2D eigenvalue weighted by atomic mass is 19.1. The Bertz CT molecular complexity index is 466. The lowest BCUT2D eigenvalue weighted by molar-refractivity contribution is -0.123. The molecule has 1 aromatic carbocycles. The smallest absolute Gasteiger partial charge is 0.243 e. The van der Waals surface area contributed by atoms with Gasteiger partial charge < -0.3 is 21.1 Å². The van der Waals surface area contributed by atoms with Crippen molar-refractivity contribution in [2.24, 2.45) is 5.73 Å². The summed E-state index contributed by atoms with van der Waals surface area (Å²) in [5.74, 6) is -1.10. The van der Waals surface area contributed by atoms with E-state index in [0.717, 1.165) is 0 Å². The lowest BCUT2D eigenvalue weighted by Gasteiger charge is -2.11. The van der Waals surface area contributed by atoms with Crippen molar-refractivity contribution >= 4 is 17.5 Å². The fraction of sp³-hybridized carbons (Fsp3) is 0.333. The maximum atomic E-state index is 13.0. The van der Waals surface area contributed by atoms with Gasteiger partial charge >= 0.3 is 0 Å². The van der Waals surface area contributed by atoms with Crippen LogP contribution in [0.5, 0.6) is 5.75 Å². The summed E-state index contributed by atoms with van der Waals surface area (Å²) in [4.78, 5) is 22.5. The quantitative estimate of drug-likeness (QED) is 0.689. The van der Waals surface area contributed by atoms with Crippen LogP contribution in [0.15, 0.2) is 18.2 Å². The third kappa shape index (κ3) is 4.92. The number of rotatable bonds is 6. The van der Waals surface area contributed by atoms with Gasteiger partial charge in [0.25, 0.3) is 0 Å². The highest BCUT2D eigenvalue weighted by Gasteiger charge is 2.09. The predicted octanol–water partition coefficient (Wildman–Crippen LogP) is 0.238. The van der Waals surface area contributed by atoms with Crippen LogP contribution in [0.1, 0.15) is 6.92 Å². The summed E-state index contributed by atoms with van der Waals surface area (Å²) < 4.78 is 18.2. The van der Waals surface area contributed by atoms with Crippen LogP contribution in [0.3, 0.4) is 0 Å². The number of nitrogens with two attached hydrogens (primary N) is 1. The van der Waals surface area contributed by atoms with Crippen molar-refractivity contribution in [2.75, 3.05) is 25.0 Å². The van der Waals surface area contributed by atoms with Crippen molar-refractivity contribution in [1.29, 1.82) is 0 Å². The molecule has 0 heterocycles. The van der Waals surface area contributed by atoms with E-state index in [2.05, 4.69) is 10.6 Å². The Kier molecular flexibility index (Phi) is 5.74. The summed E-state index contributed by atoms with van der Waals surface area (Å²) in [6.07, 6.45) is 0. The van der Waals surface area contributed by atoms with E-state index in [9.17, 15) is 14.0 Å². The van der Waals surface area contributed by atoms with Gasteiger partial charge in [-0.05, 0) is 19.1 Å². The van der Waals surface area contributed by atoms with E-state index in [4.69, 9.17) is 10.5 Å². The normalized spacial score (nSPS) is 9.84. The van der Waals surface area contributed by atoms with Gasteiger partial charge in [0.05, 0.1) is 25.4 Å². The lowest BCUT2D eigenvalue weighted by atomic mass is 10.2. The van der Waals surface area contributed by atoms with Crippen LogP contribution in [-0.2, 0) is 9.59 Å². The molecule has 0 aliphatic carbocycles. The number of carbonyl (C=O) groups is 2. The summed E-state index contributed by atoms with van der Waals surface area (Å²) in [6, 6.07) is 3.77. The van der Waals surface area contributed by atoms with Gasteiger partial charge in [-0.1, -0.05) is 0 Å². The average molecular weight is 269 g/mol. The van der Waals surface area contributed by atoms with Gasteiger partial charge in [-0.15, -0.1) is 0 Å². The Hall–Kier alpha value is -2.15. The van der Waals surface area contributed by atoms with E-state index in [1.54, 1.807) is 6.92 Å². The maximum absolute atomic E-state index is 13.0. The van der Waals surface area contributed by atoms with Crippen molar-refractivity contribution in [1.82, 2.24) is 5.32 Å². The van der Waals surface area contributed by atoms with Crippen LogP contribution in [0.25, 0.3) is 0 Å². The molecule has 0 fully saturated rings. The van der Waals surface area contributed by atoms with Gasteiger partial charge in [-0.2, -0.15) is 0 Å². The largest absolute Gasteiger partial charge is 0.492 e. The zero-order valence-corrected chi connectivity index (χ0v) is 10.5. The topological polar surface area (TPSA) is 93.5 Å². The number of carbonyl (C=O) groups excluding carboxylic acids is 2. The van der Waals surface area contributed by atoms with Gasteiger partial charge in [0.15, 0.2) is 0 Å². The predicted molar refractivity (Wildman–Crippen MR) is 68.3 cm³/mol. The molecule has 0 atom stereocenters. The molecule has 0 saturated carbocycles. The van der Waals surface area contributed by atoms with E-state index in [-0.39, 0.29) is 18.8 Å². The number of hydrogen-bond acceptors (Lipinski definition) is 4. The third-order valence-electron chi connectivity index (χ3n) is 2.15. The summed E-state index contributed by atoms with van der Waals surface area (Å²) >= 11 is 0. The minimum atomic E-state index is -0.460. The summed E-state index contributed by atoms with van der Waals surface area (Å²) in [5.41, 5.74) is 5.43. The number of benzene rings is 1. The fourth-order valence-corrected chi connectivity index (χ4v) is 1.32. The maximum Gasteiger partial charge on any atom is 0.243 e. The molecule has 4 N–H and O–H groups in total. The third-order valence-corrected chi connectivity index (χ3v) is 2.15. The van der Waals surface area contributed by atoms with Gasteiger partial charge in [0.1, 0.15) is 11.6 Å². The molecular formula is C12H16FN3O3. The Morgan fingerprint density at radius 2 is 2.11 bits per heavy atom.